The molecule has 20 heavy (non-hydrogen) atoms. The summed E-state index contributed by atoms with van der Waals surface area (Å²) in [6, 6.07) is 8.50. The average molecular weight is 278 g/mol. The molecule has 0 saturated heterocycles. The van der Waals surface area contributed by atoms with Crippen molar-refractivity contribution in [1.82, 2.24) is 5.43 Å². The maximum Gasteiger partial charge on any atom is 0.119 e. The largest absolute Gasteiger partial charge is 0.491 e. The van der Waals surface area contributed by atoms with E-state index >= 15 is 0 Å². The molecule has 0 heterocycles. The summed E-state index contributed by atoms with van der Waals surface area (Å²) in [4.78, 5) is 0. The van der Waals surface area contributed by atoms with Crippen molar-refractivity contribution in [3.63, 3.8) is 0 Å². The van der Waals surface area contributed by atoms with Crippen LogP contribution in [0.1, 0.15) is 70.9 Å². The molecule has 1 aromatic carbocycles. The molecule has 3 nitrogen and oxygen atoms in total. The molecule has 0 bridgehead atoms. The average Bonchev–Trinajstić information content (AvgIpc) is 2.43. The number of hydrogen-bond acceptors (Lipinski definition) is 3. The minimum atomic E-state index is 0.211. The second-order valence-electron chi connectivity index (χ2n) is 5.66. The Bertz CT molecular complexity index is 349. The molecule has 0 fully saturated rings. The summed E-state index contributed by atoms with van der Waals surface area (Å²) in [7, 11) is 0. The van der Waals surface area contributed by atoms with Crippen LogP contribution in [-0.2, 0) is 0 Å². The van der Waals surface area contributed by atoms with Crippen LogP contribution < -0.4 is 16.0 Å². The molecule has 0 aromatic heterocycles. The van der Waals surface area contributed by atoms with Crippen LogP contribution in [0, 0.1) is 0 Å². The van der Waals surface area contributed by atoms with Crippen LogP contribution in [0.25, 0.3) is 0 Å². The monoisotopic (exact) mass is 278 g/mol. The Labute approximate surface area is 123 Å². The molecule has 0 aliphatic heterocycles. The van der Waals surface area contributed by atoms with Gasteiger partial charge in [0.1, 0.15) is 5.75 Å². The topological polar surface area (TPSA) is 47.3 Å². The minimum Gasteiger partial charge on any atom is -0.491 e. The van der Waals surface area contributed by atoms with Crippen LogP contribution in [0.5, 0.6) is 5.75 Å². The summed E-state index contributed by atoms with van der Waals surface area (Å²) in [6.07, 6.45) is 7.76. The Morgan fingerprint density at radius 3 is 2.25 bits per heavy atom. The zero-order valence-corrected chi connectivity index (χ0v) is 13.2. The summed E-state index contributed by atoms with van der Waals surface area (Å²) >= 11 is 0. The van der Waals surface area contributed by atoms with E-state index in [1.54, 1.807) is 0 Å². The number of ether oxygens (including phenoxy) is 1. The first kappa shape index (κ1) is 17.0. The molecule has 114 valence electrons. The van der Waals surface area contributed by atoms with Crippen LogP contribution in [0.15, 0.2) is 24.3 Å². The van der Waals surface area contributed by atoms with Gasteiger partial charge in [0.25, 0.3) is 0 Å². The van der Waals surface area contributed by atoms with Crippen molar-refractivity contribution in [1.29, 1.82) is 0 Å². The van der Waals surface area contributed by atoms with Gasteiger partial charge in [0.15, 0.2) is 0 Å². The second kappa shape index (κ2) is 9.78. The Morgan fingerprint density at radius 1 is 1.05 bits per heavy atom. The lowest BCUT2D eigenvalue weighted by Crippen LogP contribution is -2.27. The summed E-state index contributed by atoms with van der Waals surface area (Å²) in [5.41, 5.74) is 4.16. The van der Waals surface area contributed by atoms with Gasteiger partial charge in [-0.15, -0.1) is 0 Å². The maximum absolute atomic E-state index is 5.68. The number of nitrogens with two attached hydrogens (primary N) is 1. The molecule has 3 N–H and O–H groups in total. The van der Waals surface area contributed by atoms with Crippen LogP contribution in [0.3, 0.4) is 0 Å². The summed E-state index contributed by atoms with van der Waals surface area (Å²) in [5, 5.41) is 0. The first-order chi connectivity index (χ1) is 9.67. The molecule has 1 aromatic rings. The third kappa shape index (κ3) is 6.40. The summed E-state index contributed by atoms with van der Waals surface area (Å²) in [6.45, 7) is 6.31. The van der Waals surface area contributed by atoms with Crippen molar-refractivity contribution in [2.24, 2.45) is 5.84 Å². The van der Waals surface area contributed by atoms with Crippen molar-refractivity contribution < 1.29 is 4.74 Å². The van der Waals surface area contributed by atoms with Gasteiger partial charge in [0.05, 0.1) is 6.10 Å². The predicted octanol–water partition coefficient (Wildman–Crippen LogP) is 4.34. The predicted molar refractivity (Wildman–Crippen MR) is 85.6 cm³/mol. The van der Waals surface area contributed by atoms with Crippen molar-refractivity contribution in [2.75, 3.05) is 0 Å². The molecule has 3 heteroatoms. The lowest BCUT2D eigenvalue weighted by atomic mass is 10.0. The smallest absolute Gasteiger partial charge is 0.119 e. The van der Waals surface area contributed by atoms with E-state index < -0.39 is 0 Å². The number of nitrogens with one attached hydrogen (secondary N) is 1. The molecule has 0 radical (unpaired) electrons. The van der Waals surface area contributed by atoms with Gasteiger partial charge in [0.2, 0.25) is 0 Å². The number of benzene rings is 1. The first-order valence-corrected chi connectivity index (χ1v) is 7.90. The number of hydrazine groups is 1. The van der Waals surface area contributed by atoms with E-state index in [1.807, 2.05) is 26.0 Å². The summed E-state index contributed by atoms with van der Waals surface area (Å²) < 4.78 is 5.66. The zero-order chi connectivity index (χ0) is 14.8. The quantitative estimate of drug-likeness (QED) is 0.380. The fourth-order valence-corrected chi connectivity index (χ4v) is 2.35. The Kier molecular flexibility index (Phi) is 8.31. The SMILES string of the molecule is CCCCCCCC(NN)c1ccc(OC(C)C)cc1. The highest BCUT2D eigenvalue weighted by atomic mass is 16.5. The highest BCUT2D eigenvalue weighted by Gasteiger charge is 2.09. The Morgan fingerprint density at radius 2 is 1.70 bits per heavy atom. The van der Waals surface area contributed by atoms with Crippen LogP contribution in [0.2, 0.25) is 0 Å². The van der Waals surface area contributed by atoms with E-state index in [1.165, 1.54) is 37.7 Å². The standard InChI is InChI=1S/C17H30N2O/c1-4-5-6-7-8-9-17(19-18)15-10-12-16(13-11-15)20-14(2)3/h10-14,17,19H,4-9,18H2,1-3H3. The van der Waals surface area contributed by atoms with Crippen molar-refractivity contribution >= 4 is 0 Å². The van der Waals surface area contributed by atoms with Crippen LogP contribution in [-0.4, -0.2) is 6.10 Å². The highest BCUT2D eigenvalue weighted by molar-refractivity contribution is 5.29. The van der Waals surface area contributed by atoms with Gasteiger partial charge in [-0.1, -0.05) is 51.2 Å². The van der Waals surface area contributed by atoms with Crippen molar-refractivity contribution in [3.05, 3.63) is 29.8 Å². The molecule has 0 aliphatic carbocycles. The van der Waals surface area contributed by atoms with Gasteiger partial charge >= 0.3 is 0 Å². The van der Waals surface area contributed by atoms with Gasteiger partial charge < -0.3 is 4.74 Å². The van der Waals surface area contributed by atoms with E-state index in [-0.39, 0.29) is 12.1 Å². The van der Waals surface area contributed by atoms with Crippen molar-refractivity contribution in [3.8, 4) is 5.75 Å². The molecular formula is C17H30N2O. The molecular weight excluding hydrogens is 248 g/mol. The Balaban J connectivity index is 2.44. The number of rotatable bonds is 10. The zero-order valence-electron chi connectivity index (χ0n) is 13.2. The van der Waals surface area contributed by atoms with E-state index in [9.17, 15) is 0 Å². The van der Waals surface area contributed by atoms with Gasteiger partial charge in [-0.05, 0) is 38.0 Å². The third-order valence-corrected chi connectivity index (χ3v) is 3.45. The van der Waals surface area contributed by atoms with Crippen molar-refractivity contribution in [2.45, 2.75) is 71.4 Å². The lowest BCUT2D eigenvalue weighted by molar-refractivity contribution is 0.242. The van der Waals surface area contributed by atoms with Gasteiger partial charge in [-0.25, -0.2) is 0 Å². The minimum absolute atomic E-state index is 0.211. The fraction of sp³-hybridized carbons (Fsp3) is 0.647. The fourth-order valence-electron chi connectivity index (χ4n) is 2.35. The summed E-state index contributed by atoms with van der Waals surface area (Å²) in [5.74, 6) is 6.60. The molecule has 0 spiro atoms. The molecule has 1 rings (SSSR count). The lowest BCUT2D eigenvalue weighted by Gasteiger charge is -2.17. The normalized spacial score (nSPS) is 12.7. The number of hydrogen-bond donors (Lipinski definition) is 2. The molecule has 1 unspecified atom stereocenters. The van der Waals surface area contributed by atoms with E-state index in [0.29, 0.717) is 0 Å². The third-order valence-electron chi connectivity index (χ3n) is 3.45. The molecule has 0 aliphatic rings. The maximum atomic E-state index is 5.68. The van der Waals surface area contributed by atoms with Gasteiger partial charge in [-0.2, -0.15) is 0 Å². The molecule has 0 amide bonds. The second-order valence-corrected chi connectivity index (χ2v) is 5.66. The van der Waals surface area contributed by atoms with Crippen LogP contribution >= 0.6 is 0 Å². The molecule has 0 saturated carbocycles. The molecule has 1 atom stereocenters. The van der Waals surface area contributed by atoms with Gasteiger partial charge in [0, 0.05) is 6.04 Å². The van der Waals surface area contributed by atoms with E-state index in [0.717, 1.165) is 12.2 Å². The van der Waals surface area contributed by atoms with E-state index in [4.69, 9.17) is 10.6 Å². The Hall–Kier alpha value is -1.06. The highest BCUT2D eigenvalue weighted by Crippen LogP contribution is 2.22. The van der Waals surface area contributed by atoms with Crippen LogP contribution in [0.4, 0.5) is 0 Å². The first-order valence-electron chi connectivity index (χ1n) is 7.90. The van der Waals surface area contributed by atoms with E-state index in [2.05, 4.69) is 24.5 Å². The number of unbranched alkanes of at least 4 members (excludes halogenated alkanes) is 4. The van der Waals surface area contributed by atoms with Gasteiger partial charge in [-0.3, -0.25) is 11.3 Å².